The van der Waals surface area contributed by atoms with Gasteiger partial charge in [0.25, 0.3) is 0 Å². The molecule has 0 saturated carbocycles. The van der Waals surface area contributed by atoms with E-state index in [4.69, 9.17) is 0 Å². The first-order valence-electron chi connectivity index (χ1n) is 7.37. The fraction of sp³-hybridized carbons (Fsp3) is 0.353. The van der Waals surface area contributed by atoms with E-state index in [-0.39, 0.29) is 0 Å². The lowest BCUT2D eigenvalue weighted by molar-refractivity contribution is 0.724. The molecule has 1 heterocycles. The predicted molar refractivity (Wildman–Crippen MR) is 92.5 cm³/mol. The Labute approximate surface area is 135 Å². The van der Waals surface area contributed by atoms with Gasteiger partial charge in [-0.05, 0) is 48.9 Å². The number of benzene rings is 1. The number of nitrogens with one attached hydrogen (secondary N) is 1. The highest BCUT2D eigenvalue weighted by molar-refractivity contribution is 9.10. The highest BCUT2D eigenvalue weighted by Gasteiger charge is 2.08. The molecule has 1 aromatic carbocycles. The van der Waals surface area contributed by atoms with Gasteiger partial charge in [0.15, 0.2) is 0 Å². The molecule has 0 atom stereocenters. The van der Waals surface area contributed by atoms with Gasteiger partial charge in [-0.25, -0.2) is 0 Å². The first kappa shape index (κ1) is 16.0. The maximum atomic E-state index is 4.07. The van der Waals surface area contributed by atoms with Crippen molar-refractivity contribution in [3.05, 3.63) is 58.3 Å². The molecule has 0 amide bonds. The highest BCUT2D eigenvalue weighted by Crippen LogP contribution is 2.25. The van der Waals surface area contributed by atoms with E-state index in [1.807, 2.05) is 12.4 Å². The minimum absolute atomic E-state index is 0.897. The van der Waals surface area contributed by atoms with Crippen LogP contribution in [0.4, 0.5) is 5.69 Å². The quantitative estimate of drug-likeness (QED) is 0.820. The van der Waals surface area contributed by atoms with Crippen molar-refractivity contribution >= 4 is 21.6 Å². The van der Waals surface area contributed by atoms with Gasteiger partial charge in [-0.1, -0.05) is 28.9 Å². The third kappa shape index (κ3) is 4.55. The number of rotatable bonds is 7. The summed E-state index contributed by atoms with van der Waals surface area (Å²) in [6.07, 6.45) is 3.69. The molecular formula is C17H22BrN3. The number of nitrogens with zero attached hydrogens (tertiary/aromatic N) is 2. The topological polar surface area (TPSA) is 28.2 Å². The van der Waals surface area contributed by atoms with E-state index in [9.17, 15) is 0 Å². The second kappa shape index (κ2) is 8.15. The minimum Gasteiger partial charge on any atom is -0.367 e. The van der Waals surface area contributed by atoms with Crippen LogP contribution >= 0.6 is 15.9 Å². The summed E-state index contributed by atoms with van der Waals surface area (Å²) in [7, 11) is 0. The van der Waals surface area contributed by atoms with Crippen LogP contribution < -0.4 is 10.2 Å². The van der Waals surface area contributed by atoms with Gasteiger partial charge in [0.1, 0.15) is 0 Å². The van der Waals surface area contributed by atoms with Gasteiger partial charge in [0.05, 0.1) is 0 Å². The Morgan fingerprint density at radius 3 is 2.52 bits per heavy atom. The van der Waals surface area contributed by atoms with Gasteiger partial charge in [0.2, 0.25) is 0 Å². The van der Waals surface area contributed by atoms with Crippen LogP contribution in [0.15, 0.2) is 47.2 Å². The summed E-state index contributed by atoms with van der Waals surface area (Å²) in [6, 6.07) is 10.7. The minimum atomic E-state index is 0.897. The largest absolute Gasteiger partial charge is 0.367 e. The smallest absolute Gasteiger partial charge is 0.0430 e. The number of hydrogen-bond acceptors (Lipinski definition) is 3. The second-order valence-corrected chi connectivity index (χ2v) is 5.78. The average Bonchev–Trinajstić information content (AvgIpc) is 2.52. The summed E-state index contributed by atoms with van der Waals surface area (Å²) in [5, 5.41) is 3.36. The molecule has 1 aromatic heterocycles. The lowest BCUT2D eigenvalue weighted by atomic mass is 10.1. The summed E-state index contributed by atoms with van der Waals surface area (Å²) in [5.74, 6) is 0. The van der Waals surface area contributed by atoms with E-state index in [1.54, 1.807) is 0 Å². The number of hydrogen-bond donors (Lipinski definition) is 1. The zero-order valence-corrected chi connectivity index (χ0v) is 14.2. The highest BCUT2D eigenvalue weighted by atomic mass is 79.9. The molecule has 1 N–H and O–H groups in total. The van der Waals surface area contributed by atoms with Crippen LogP contribution in [-0.2, 0) is 13.1 Å². The Bertz CT molecular complexity index is 557. The van der Waals surface area contributed by atoms with Crippen molar-refractivity contribution in [2.24, 2.45) is 0 Å². The van der Waals surface area contributed by atoms with Crippen LogP contribution in [0.25, 0.3) is 0 Å². The predicted octanol–water partition coefficient (Wildman–Crippen LogP) is 3.98. The fourth-order valence-electron chi connectivity index (χ4n) is 2.23. The average molecular weight is 348 g/mol. The lowest BCUT2D eigenvalue weighted by Gasteiger charge is -2.24. The number of aromatic nitrogens is 1. The van der Waals surface area contributed by atoms with Crippen LogP contribution in [0.3, 0.4) is 0 Å². The molecule has 0 spiro atoms. The summed E-state index contributed by atoms with van der Waals surface area (Å²) in [5.41, 5.74) is 3.81. The van der Waals surface area contributed by atoms with Crippen LogP contribution in [0, 0.1) is 0 Å². The lowest BCUT2D eigenvalue weighted by Crippen LogP contribution is -2.22. The molecule has 112 valence electrons. The summed E-state index contributed by atoms with van der Waals surface area (Å²) >= 11 is 3.68. The SMILES string of the molecule is CCNCc1ccc(N(CC)Cc2ccncc2)cc1Br. The number of pyridine rings is 1. The van der Waals surface area contributed by atoms with Crippen LogP contribution in [0.2, 0.25) is 0 Å². The molecule has 21 heavy (non-hydrogen) atoms. The van der Waals surface area contributed by atoms with Crippen molar-refractivity contribution in [1.82, 2.24) is 10.3 Å². The normalized spacial score (nSPS) is 10.6. The Balaban J connectivity index is 2.13. The first-order valence-corrected chi connectivity index (χ1v) is 8.16. The standard InChI is InChI=1S/C17H22BrN3/c1-3-19-12-15-5-6-16(11-17(15)18)21(4-2)13-14-7-9-20-10-8-14/h5-11,19H,3-4,12-13H2,1-2H3. The van der Waals surface area contributed by atoms with Crippen molar-refractivity contribution in [1.29, 1.82) is 0 Å². The molecule has 2 aromatic rings. The summed E-state index contributed by atoms with van der Waals surface area (Å²) < 4.78 is 1.16. The molecule has 0 bridgehead atoms. The van der Waals surface area contributed by atoms with Crippen LogP contribution in [-0.4, -0.2) is 18.1 Å². The first-order chi connectivity index (χ1) is 10.2. The Hall–Kier alpha value is -1.39. The van der Waals surface area contributed by atoms with Gasteiger partial charge in [-0.3, -0.25) is 4.98 Å². The van der Waals surface area contributed by atoms with E-state index in [0.717, 1.165) is 30.7 Å². The second-order valence-electron chi connectivity index (χ2n) is 4.93. The van der Waals surface area contributed by atoms with Crippen molar-refractivity contribution in [2.75, 3.05) is 18.0 Å². The van der Waals surface area contributed by atoms with Gasteiger partial charge in [-0.15, -0.1) is 0 Å². The maximum absolute atomic E-state index is 4.07. The van der Waals surface area contributed by atoms with E-state index in [1.165, 1.54) is 16.8 Å². The van der Waals surface area contributed by atoms with Gasteiger partial charge >= 0.3 is 0 Å². The van der Waals surface area contributed by atoms with Crippen molar-refractivity contribution < 1.29 is 0 Å². The van der Waals surface area contributed by atoms with E-state index >= 15 is 0 Å². The zero-order valence-electron chi connectivity index (χ0n) is 12.6. The van der Waals surface area contributed by atoms with Crippen LogP contribution in [0.5, 0.6) is 0 Å². The van der Waals surface area contributed by atoms with Crippen molar-refractivity contribution in [2.45, 2.75) is 26.9 Å². The molecule has 0 aliphatic rings. The molecule has 0 saturated heterocycles. The van der Waals surface area contributed by atoms with Gasteiger partial charge in [0, 0.05) is 42.2 Å². The maximum Gasteiger partial charge on any atom is 0.0430 e. The molecule has 2 rings (SSSR count). The van der Waals surface area contributed by atoms with E-state index in [2.05, 4.69) is 75.3 Å². The Kier molecular flexibility index (Phi) is 6.21. The molecule has 0 radical (unpaired) electrons. The molecule has 0 aliphatic heterocycles. The van der Waals surface area contributed by atoms with Crippen LogP contribution in [0.1, 0.15) is 25.0 Å². The number of anilines is 1. The van der Waals surface area contributed by atoms with Gasteiger partial charge < -0.3 is 10.2 Å². The fourth-order valence-corrected chi connectivity index (χ4v) is 2.74. The van der Waals surface area contributed by atoms with E-state index < -0.39 is 0 Å². The zero-order chi connectivity index (χ0) is 15.1. The summed E-state index contributed by atoms with van der Waals surface area (Å²) in [6.45, 7) is 8.06. The Morgan fingerprint density at radius 2 is 1.90 bits per heavy atom. The molecule has 4 heteroatoms. The Morgan fingerprint density at radius 1 is 1.14 bits per heavy atom. The molecule has 3 nitrogen and oxygen atoms in total. The van der Waals surface area contributed by atoms with Crippen molar-refractivity contribution in [3.63, 3.8) is 0 Å². The number of halogens is 1. The molecular weight excluding hydrogens is 326 g/mol. The van der Waals surface area contributed by atoms with Gasteiger partial charge in [-0.2, -0.15) is 0 Å². The molecule has 0 unspecified atom stereocenters. The van der Waals surface area contributed by atoms with E-state index in [0.29, 0.717) is 0 Å². The molecule has 0 aliphatic carbocycles. The monoisotopic (exact) mass is 347 g/mol. The summed E-state index contributed by atoms with van der Waals surface area (Å²) in [4.78, 5) is 6.43. The van der Waals surface area contributed by atoms with Crippen molar-refractivity contribution in [3.8, 4) is 0 Å². The third-order valence-corrected chi connectivity index (χ3v) is 4.21. The third-order valence-electron chi connectivity index (χ3n) is 3.47. The molecule has 0 fully saturated rings.